The third-order valence-electron chi connectivity index (χ3n) is 6.91. The van der Waals surface area contributed by atoms with Gasteiger partial charge in [-0.25, -0.2) is 9.59 Å². The molecule has 2 aliphatic rings. The minimum atomic E-state index is -0.485. The molecule has 2 aliphatic heterocycles. The van der Waals surface area contributed by atoms with Crippen LogP contribution in [0.5, 0.6) is 0 Å². The van der Waals surface area contributed by atoms with Gasteiger partial charge in [-0.05, 0) is 61.8 Å². The van der Waals surface area contributed by atoms with Crippen molar-refractivity contribution in [2.75, 3.05) is 46.4 Å². The Balaban J connectivity index is 1.64. The van der Waals surface area contributed by atoms with Gasteiger partial charge in [0, 0.05) is 43.2 Å². The highest BCUT2D eigenvalue weighted by Crippen LogP contribution is 2.34. The zero-order chi connectivity index (χ0) is 25.2. The molecule has 0 saturated carbocycles. The van der Waals surface area contributed by atoms with Crippen LogP contribution in [0.1, 0.15) is 51.2 Å². The summed E-state index contributed by atoms with van der Waals surface area (Å²) in [5, 5.41) is 10.1. The number of alkyl carbamates (subject to hydrolysis) is 1. The van der Waals surface area contributed by atoms with Crippen molar-refractivity contribution in [3.05, 3.63) is 34.9 Å². The van der Waals surface area contributed by atoms with Crippen LogP contribution in [0.3, 0.4) is 0 Å². The lowest BCUT2D eigenvalue weighted by atomic mass is 9.85. The van der Waals surface area contributed by atoms with Crippen molar-refractivity contribution in [1.29, 1.82) is 0 Å². The van der Waals surface area contributed by atoms with E-state index in [4.69, 9.17) is 16.3 Å². The van der Waals surface area contributed by atoms with E-state index in [0.717, 1.165) is 50.9 Å². The van der Waals surface area contributed by atoms with Crippen LogP contribution in [0.4, 0.5) is 9.59 Å². The van der Waals surface area contributed by atoms with Crippen LogP contribution in [0, 0.1) is 17.8 Å². The minimum absolute atomic E-state index is 0.00866. The standard InChI is InChI=1S/C26H41ClN4O4/c1-18(2)14-19-9-10-28-16-23(19)30-25(32)31-12-5-7-21(17-31)24(20-6-4-8-22(27)15-20)35-13-11-29-26(33)34-3/h4,6,8,15,18-19,21,23-24,28H,5,7,9-14,16-17H2,1-3H3,(H,29,33)(H,30,32). The molecular weight excluding hydrogens is 468 g/mol. The zero-order valence-corrected chi connectivity index (χ0v) is 22.0. The van der Waals surface area contributed by atoms with E-state index in [9.17, 15) is 9.59 Å². The molecule has 0 bridgehead atoms. The molecule has 4 atom stereocenters. The quantitative estimate of drug-likeness (QED) is 0.435. The second-order valence-electron chi connectivity index (χ2n) is 10.1. The Bertz CT molecular complexity index is 824. The first-order chi connectivity index (χ1) is 16.9. The van der Waals surface area contributed by atoms with E-state index in [1.54, 1.807) is 0 Å². The molecule has 1 aromatic rings. The Morgan fingerprint density at radius 3 is 2.86 bits per heavy atom. The third kappa shape index (κ3) is 8.54. The Morgan fingerprint density at radius 2 is 2.11 bits per heavy atom. The molecule has 0 aliphatic carbocycles. The number of urea groups is 1. The molecule has 196 valence electrons. The predicted molar refractivity (Wildman–Crippen MR) is 138 cm³/mol. The fourth-order valence-electron chi connectivity index (χ4n) is 5.26. The molecule has 4 unspecified atom stereocenters. The zero-order valence-electron chi connectivity index (χ0n) is 21.2. The largest absolute Gasteiger partial charge is 0.453 e. The fraction of sp³-hybridized carbons (Fsp3) is 0.692. The number of benzene rings is 1. The second kappa shape index (κ2) is 13.9. The molecule has 8 nitrogen and oxygen atoms in total. The lowest BCUT2D eigenvalue weighted by Crippen LogP contribution is -2.56. The van der Waals surface area contributed by atoms with E-state index in [1.165, 1.54) is 7.11 Å². The number of hydrogen-bond donors (Lipinski definition) is 3. The Labute approximate surface area is 214 Å². The number of amides is 3. The summed E-state index contributed by atoms with van der Waals surface area (Å²) >= 11 is 6.28. The van der Waals surface area contributed by atoms with Gasteiger partial charge in [-0.3, -0.25) is 0 Å². The maximum absolute atomic E-state index is 13.3. The molecule has 3 amide bonds. The van der Waals surface area contributed by atoms with Gasteiger partial charge < -0.3 is 30.3 Å². The number of rotatable bonds is 9. The van der Waals surface area contributed by atoms with Gasteiger partial charge in [0.1, 0.15) is 0 Å². The molecule has 3 N–H and O–H groups in total. The van der Waals surface area contributed by atoms with Crippen molar-refractivity contribution in [1.82, 2.24) is 20.9 Å². The second-order valence-corrected chi connectivity index (χ2v) is 10.5. The van der Waals surface area contributed by atoms with Crippen LogP contribution in [0.2, 0.25) is 5.02 Å². The van der Waals surface area contributed by atoms with Gasteiger partial charge >= 0.3 is 12.1 Å². The molecule has 1 aromatic carbocycles. The van der Waals surface area contributed by atoms with Gasteiger partial charge in [0.2, 0.25) is 0 Å². The van der Waals surface area contributed by atoms with Crippen LogP contribution in [0.25, 0.3) is 0 Å². The number of methoxy groups -OCH3 is 1. The summed E-state index contributed by atoms with van der Waals surface area (Å²) in [6.45, 7) is 8.35. The number of nitrogens with zero attached hydrogens (tertiary/aromatic N) is 1. The van der Waals surface area contributed by atoms with Gasteiger partial charge in [0.15, 0.2) is 0 Å². The highest BCUT2D eigenvalue weighted by atomic mass is 35.5. The number of carbonyl (C=O) groups excluding carboxylic acids is 2. The number of likely N-dealkylation sites (tertiary alicyclic amines) is 1. The number of piperidine rings is 2. The Morgan fingerprint density at radius 1 is 1.29 bits per heavy atom. The molecule has 0 radical (unpaired) electrons. The number of nitrogens with one attached hydrogen (secondary N) is 3. The molecule has 2 heterocycles. The van der Waals surface area contributed by atoms with Crippen LogP contribution < -0.4 is 16.0 Å². The smallest absolute Gasteiger partial charge is 0.406 e. The highest BCUT2D eigenvalue weighted by Gasteiger charge is 2.33. The molecule has 2 fully saturated rings. The number of ether oxygens (including phenoxy) is 2. The van der Waals surface area contributed by atoms with E-state index < -0.39 is 6.09 Å². The monoisotopic (exact) mass is 508 g/mol. The first-order valence-electron chi connectivity index (χ1n) is 12.8. The van der Waals surface area contributed by atoms with Crippen LogP contribution in [-0.2, 0) is 9.47 Å². The average Bonchev–Trinajstić information content (AvgIpc) is 2.84. The summed E-state index contributed by atoms with van der Waals surface area (Å²) in [5.74, 6) is 1.24. The summed E-state index contributed by atoms with van der Waals surface area (Å²) in [6.07, 6.45) is 3.37. The summed E-state index contributed by atoms with van der Waals surface area (Å²) in [4.78, 5) is 26.6. The molecular formula is C26H41ClN4O4. The predicted octanol–water partition coefficient (Wildman–Crippen LogP) is 4.20. The molecule has 3 rings (SSSR count). The average molecular weight is 509 g/mol. The van der Waals surface area contributed by atoms with Crippen molar-refractivity contribution < 1.29 is 19.1 Å². The van der Waals surface area contributed by atoms with E-state index in [1.807, 2.05) is 29.2 Å². The third-order valence-corrected chi connectivity index (χ3v) is 7.15. The van der Waals surface area contributed by atoms with Crippen LogP contribution >= 0.6 is 11.6 Å². The van der Waals surface area contributed by atoms with Crippen molar-refractivity contribution in [3.8, 4) is 0 Å². The first-order valence-corrected chi connectivity index (χ1v) is 13.2. The summed E-state index contributed by atoms with van der Waals surface area (Å²) in [6, 6.07) is 7.85. The molecule has 0 spiro atoms. The van der Waals surface area contributed by atoms with Crippen molar-refractivity contribution in [3.63, 3.8) is 0 Å². The van der Waals surface area contributed by atoms with Gasteiger partial charge in [-0.15, -0.1) is 0 Å². The van der Waals surface area contributed by atoms with E-state index in [2.05, 4.69) is 34.5 Å². The number of halogens is 1. The molecule has 0 aromatic heterocycles. The van der Waals surface area contributed by atoms with Gasteiger partial charge in [-0.2, -0.15) is 0 Å². The van der Waals surface area contributed by atoms with E-state index in [0.29, 0.717) is 36.6 Å². The normalized spacial score (nSPS) is 23.6. The molecule has 2 saturated heterocycles. The van der Waals surface area contributed by atoms with Crippen molar-refractivity contribution in [2.24, 2.45) is 17.8 Å². The summed E-state index contributed by atoms with van der Waals surface area (Å²) in [7, 11) is 1.33. The molecule has 35 heavy (non-hydrogen) atoms. The maximum Gasteiger partial charge on any atom is 0.406 e. The summed E-state index contributed by atoms with van der Waals surface area (Å²) < 4.78 is 10.9. The SMILES string of the molecule is COC(=O)NCCOC(c1cccc(Cl)c1)C1CCCN(C(=O)NC2CNCCC2CC(C)C)C1. The lowest BCUT2D eigenvalue weighted by Gasteiger charge is -2.39. The number of hydrogen-bond acceptors (Lipinski definition) is 5. The van der Waals surface area contributed by atoms with E-state index in [-0.39, 0.29) is 24.1 Å². The maximum atomic E-state index is 13.3. The van der Waals surface area contributed by atoms with Gasteiger partial charge in [0.25, 0.3) is 0 Å². The van der Waals surface area contributed by atoms with E-state index >= 15 is 0 Å². The lowest BCUT2D eigenvalue weighted by molar-refractivity contribution is -0.00878. The number of carbonyl (C=O) groups is 2. The van der Waals surface area contributed by atoms with Crippen LogP contribution in [-0.4, -0.2) is 69.5 Å². The Hall–Kier alpha value is -2.03. The summed E-state index contributed by atoms with van der Waals surface area (Å²) in [5.41, 5.74) is 0.983. The fourth-order valence-corrected chi connectivity index (χ4v) is 5.46. The topological polar surface area (TPSA) is 91.9 Å². The van der Waals surface area contributed by atoms with Gasteiger partial charge in [-0.1, -0.05) is 37.6 Å². The Kier molecular flexibility index (Phi) is 10.9. The molecule has 9 heteroatoms. The van der Waals surface area contributed by atoms with Crippen molar-refractivity contribution in [2.45, 2.75) is 51.7 Å². The first kappa shape index (κ1) is 27.6. The minimum Gasteiger partial charge on any atom is -0.453 e. The van der Waals surface area contributed by atoms with Gasteiger partial charge in [0.05, 0.1) is 19.8 Å². The highest BCUT2D eigenvalue weighted by molar-refractivity contribution is 6.30. The van der Waals surface area contributed by atoms with Crippen LogP contribution in [0.15, 0.2) is 24.3 Å². The van der Waals surface area contributed by atoms with Crippen molar-refractivity contribution >= 4 is 23.7 Å².